The minimum atomic E-state index is -0.434. The van der Waals surface area contributed by atoms with Crippen molar-refractivity contribution in [2.75, 3.05) is 0 Å². The molecule has 1 rings (SSSR count). The summed E-state index contributed by atoms with van der Waals surface area (Å²) in [5.74, 6) is -0.434. The SMILES string of the molecule is O=C(/N=N/C=C(Cl)Cl)c1ccccc1. The third kappa shape index (κ3) is 3.68. The number of hydrogen-bond acceptors (Lipinski definition) is 2. The lowest BCUT2D eigenvalue weighted by atomic mass is 10.2. The van der Waals surface area contributed by atoms with Crippen LogP contribution in [0.25, 0.3) is 0 Å². The van der Waals surface area contributed by atoms with Crippen molar-refractivity contribution in [2.24, 2.45) is 10.2 Å². The quantitative estimate of drug-likeness (QED) is 0.714. The zero-order chi connectivity index (χ0) is 10.4. The molecule has 0 N–H and O–H groups in total. The smallest absolute Gasteiger partial charge is 0.265 e. The van der Waals surface area contributed by atoms with Crippen LogP contribution in [0, 0.1) is 0 Å². The summed E-state index contributed by atoms with van der Waals surface area (Å²) in [6.07, 6.45) is 1.09. The lowest BCUT2D eigenvalue weighted by Gasteiger charge is -1.90. The van der Waals surface area contributed by atoms with Crippen LogP contribution in [0.5, 0.6) is 0 Å². The molecule has 0 saturated heterocycles. The summed E-state index contributed by atoms with van der Waals surface area (Å²) in [4.78, 5) is 11.3. The van der Waals surface area contributed by atoms with Gasteiger partial charge in [-0.3, -0.25) is 4.79 Å². The molecule has 1 aromatic carbocycles. The van der Waals surface area contributed by atoms with Gasteiger partial charge in [-0.15, -0.1) is 5.11 Å². The van der Waals surface area contributed by atoms with Crippen LogP contribution in [0.15, 0.2) is 51.3 Å². The zero-order valence-electron chi connectivity index (χ0n) is 7.02. The summed E-state index contributed by atoms with van der Waals surface area (Å²) in [6.45, 7) is 0. The monoisotopic (exact) mass is 228 g/mol. The van der Waals surface area contributed by atoms with E-state index < -0.39 is 5.91 Å². The van der Waals surface area contributed by atoms with E-state index in [0.29, 0.717) is 5.56 Å². The van der Waals surface area contributed by atoms with E-state index in [4.69, 9.17) is 23.2 Å². The fourth-order valence-electron chi connectivity index (χ4n) is 0.763. The summed E-state index contributed by atoms with van der Waals surface area (Å²) < 4.78 is -0.0467. The van der Waals surface area contributed by atoms with E-state index in [0.717, 1.165) is 6.20 Å². The molecule has 14 heavy (non-hydrogen) atoms. The highest BCUT2D eigenvalue weighted by Crippen LogP contribution is 2.07. The molecule has 0 atom stereocenters. The Hall–Kier alpha value is -1.19. The first-order valence-electron chi connectivity index (χ1n) is 3.71. The van der Waals surface area contributed by atoms with E-state index in [1.807, 2.05) is 6.07 Å². The molecule has 1 aromatic rings. The number of carbonyl (C=O) groups excluding carboxylic acids is 1. The lowest BCUT2D eigenvalue weighted by molar-refractivity contribution is 0.0995. The van der Waals surface area contributed by atoms with Crippen molar-refractivity contribution in [1.29, 1.82) is 0 Å². The van der Waals surface area contributed by atoms with Gasteiger partial charge in [0.1, 0.15) is 4.49 Å². The molecule has 0 fully saturated rings. The van der Waals surface area contributed by atoms with Crippen LogP contribution < -0.4 is 0 Å². The Kier molecular flexibility index (Phi) is 4.29. The van der Waals surface area contributed by atoms with Gasteiger partial charge < -0.3 is 0 Å². The average molecular weight is 229 g/mol. The second-order valence-electron chi connectivity index (χ2n) is 2.31. The Balaban J connectivity index is 2.69. The molecule has 3 nitrogen and oxygen atoms in total. The van der Waals surface area contributed by atoms with Crippen LogP contribution in [-0.4, -0.2) is 5.91 Å². The zero-order valence-corrected chi connectivity index (χ0v) is 8.53. The third-order valence-electron chi connectivity index (χ3n) is 1.32. The van der Waals surface area contributed by atoms with Crippen molar-refractivity contribution in [3.05, 3.63) is 46.6 Å². The Morgan fingerprint density at radius 3 is 2.43 bits per heavy atom. The molecule has 5 heteroatoms. The van der Waals surface area contributed by atoms with Crippen LogP contribution in [0.3, 0.4) is 0 Å². The van der Waals surface area contributed by atoms with E-state index >= 15 is 0 Å². The highest BCUT2D eigenvalue weighted by Gasteiger charge is 2.00. The van der Waals surface area contributed by atoms with E-state index in [-0.39, 0.29) is 4.49 Å². The number of rotatable bonds is 2. The third-order valence-corrected chi connectivity index (χ3v) is 1.52. The maximum absolute atomic E-state index is 11.3. The molecule has 0 saturated carbocycles. The van der Waals surface area contributed by atoms with Crippen LogP contribution in [0.1, 0.15) is 10.4 Å². The van der Waals surface area contributed by atoms with Crippen molar-refractivity contribution < 1.29 is 4.79 Å². The molecule has 0 aliphatic rings. The molecule has 0 aliphatic heterocycles. The van der Waals surface area contributed by atoms with Crippen LogP contribution in [0.4, 0.5) is 0 Å². The molecular formula is C9H6Cl2N2O. The normalized spacial score (nSPS) is 10.1. The second kappa shape index (κ2) is 5.52. The van der Waals surface area contributed by atoms with E-state index in [1.165, 1.54) is 0 Å². The van der Waals surface area contributed by atoms with Crippen molar-refractivity contribution in [1.82, 2.24) is 0 Å². The number of benzene rings is 1. The van der Waals surface area contributed by atoms with Crippen molar-refractivity contribution >= 4 is 29.1 Å². The van der Waals surface area contributed by atoms with Crippen LogP contribution >= 0.6 is 23.2 Å². The molecule has 0 unspecified atom stereocenters. The van der Waals surface area contributed by atoms with Crippen LogP contribution in [-0.2, 0) is 0 Å². The van der Waals surface area contributed by atoms with E-state index in [9.17, 15) is 4.79 Å². The van der Waals surface area contributed by atoms with Crippen molar-refractivity contribution in [3.63, 3.8) is 0 Å². The minimum Gasteiger partial charge on any atom is -0.265 e. The number of halogens is 2. The molecule has 1 amide bonds. The number of amides is 1. The van der Waals surface area contributed by atoms with Gasteiger partial charge in [-0.1, -0.05) is 41.4 Å². The first-order valence-corrected chi connectivity index (χ1v) is 4.47. The molecule has 0 spiro atoms. The number of carbonyl (C=O) groups is 1. The summed E-state index contributed by atoms with van der Waals surface area (Å²) >= 11 is 10.5. The molecular weight excluding hydrogens is 223 g/mol. The first-order chi connectivity index (χ1) is 6.70. The van der Waals surface area contributed by atoms with Gasteiger partial charge >= 0.3 is 0 Å². The minimum absolute atomic E-state index is 0.0467. The predicted octanol–water partition coefficient (Wildman–Crippen LogP) is 3.56. The predicted molar refractivity (Wildman–Crippen MR) is 55.4 cm³/mol. The van der Waals surface area contributed by atoms with Gasteiger partial charge in [0, 0.05) is 5.56 Å². The van der Waals surface area contributed by atoms with Crippen molar-refractivity contribution in [3.8, 4) is 0 Å². The van der Waals surface area contributed by atoms with Gasteiger partial charge in [0.25, 0.3) is 5.91 Å². The molecule has 0 heterocycles. The Morgan fingerprint density at radius 1 is 1.21 bits per heavy atom. The van der Waals surface area contributed by atoms with Gasteiger partial charge in [0.05, 0.1) is 6.20 Å². The summed E-state index contributed by atoms with van der Waals surface area (Å²) in [6, 6.07) is 8.59. The number of nitrogens with zero attached hydrogens (tertiary/aromatic N) is 2. The summed E-state index contributed by atoms with van der Waals surface area (Å²) in [5, 5.41) is 6.77. The van der Waals surface area contributed by atoms with Gasteiger partial charge in [0.2, 0.25) is 0 Å². The maximum atomic E-state index is 11.3. The average Bonchev–Trinajstić information content (AvgIpc) is 2.18. The summed E-state index contributed by atoms with van der Waals surface area (Å²) in [7, 11) is 0. The van der Waals surface area contributed by atoms with Gasteiger partial charge in [-0.2, -0.15) is 5.11 Å². The van der Waals surface area contributed by atoms with Crippen molar-refractivity contribution in [2.45, 2.75) is 0 Å². The largest absolute Gasteiger partial charge is 0.295 e. The number of azo groups is 1. The standard InChI is InChI=1S/C9H6Cl2N2O/c10-8(11)6-12-13-9(14)7-4-2-1-3-5-7/h1-6H/b13-12+. The molecule has 0 radical (unpaired) electrons. The molecule has 72 valence electrons. The Labute approximate surface area is 91.1 Å². The summed E-state index contributed by atoms with van der Waals surface area (Å²) in [5.41, 5.74) is 0.468. The number of hydrogen-bond donors (Lipinski definition) is 0. The molecule has 0 bridgehead atoms. The Bertz CT molecular complexity index is 370. The van der Waals surface area contributed by atoms with E-state index in [1.54, 1.807) is 24.3 Å². The maximum Gasteiger partial charge on any atom is 0.295 e. The highest BCUT2D eigenvalue weighted by atomic mass is 35.5. The van der Waals surface area contributed by atoms with Gasteiger partial charge in [-0.05, 0) is 12.1 Å². The lowest BCUT2D eigenvalue weighted by Crippen LogP contribution is -1.91. The fraction of sp³-hybridized carbons (Fsp3) is 0. The Morgan fingerprint density at radius 2 is 1.86 bits per heavy atom. The fourth-order valence-corrected chi connectivity index (χ4v) is 0.851. The van der Waals surface area contributed by atoms with Crippen LogP contribution in [0.2, 0.25) is 0 Å². The first kappa shape index (κ1) is 10.9. The second-order valence-corrected chi connectivity index (χ2v) is 3.31. The van der Waals surface area contributed by atoms with Gasteiger partial charge in [-0.25, -0.2) is 0 Å². The van der Waals surface area contributed by atoms with E-state index in [2.05, 4.69) is 10.2 Å². The topological polar surface area (TPSA) is 41.8 Å². The van der Waals surface area contributed by atoms with Gasteiger partial charge in [0.15, 0.2) is 0 Å². The highest BCUT2D eigenvalue weighted by molar-refractivity contribution is 6.55. The molecule has 0 aliphatic carbocycles. The molecule has 0 aromatic heterocycles.